The summed E-state index contributed by atoms with van der Waals surface area (Å²) >= 11 is 3.65. The molecule has 1 heterocycles. The number of amides is 1. The van der Waals surface area contributed by atoms with Crippen molar-refractivity contribution < 1.29 is 9.90 Å². The zero-order chi connectivity index (χ0) is 10.9. The average Bonchev–Trinajstić information content (AvgIpc) is 2.76. The van der Waals surface area contributed by atoms with Crippen molar-refractivity contribution in [3.8, 4) is 0 Å². The second-order valence-corrected chi connectivity index (χ2v) is 5.92. The Kier molecular flexibility index (Phi) is 7.30. The van der Waals surface area contributed by atoms with Crippen molar-refractivity contribution in [3.63, 3.8) is 0 Å². The van der Waals surface area contributed by atoms with Crippen LogP contribution in [-0.4, -0.2) is 47.2 Å². The molecule has 5 heteroatoms. The smallest absolute Gasteiger partial charge is 0.224 e. The molecule has 0 bridgehead atoms. The summed E-state index contributed by atoms with van der Waals surface area (Å²) in [6.07, 6.45) is 1.88. The highest BCUT2D eigenvalue weighted by atomic mass is 32.2. The minimum atomic E-state index is 0.225. The number of hydrogen-bond donors (Lipinski definition) is 2. The molecule has 0 aromatic carbocycles. The Morgan fingerprint density at radius 1 is 1.53 bits per heavy atom. The fourth-order valence-electron chi connectivity index (χ4n) is 1.40. The lowest BCUT2D eigenvalue weighted by Crippen LogP contribution is -2.32. The van der Waals surface area contributed by atoms with Gasteiger partial charge in [0.25, 0.3) is 0 Å². The fourth-order valence-corrected chi connectivity index (χ4v) is 3.40. The number of aliphatic hydroxyl groups is 1. The molecule has 15 heavy (non-hydrogen) atoms. The lowest BCUT2D eigenvalue weighted by molar-refractivity contribution is -0.124. The predicted molar refractivity (Wildman–Crippen MR) is 67.5 cm³/mol. The van der Waals surface area contributed by atoms with Crippen LogP contribution in [0.1, 0.15) is 12.8 Å². The molecule has 0 aromatic rings. The Morgan fingerprint density at radius 2 is 2.40 bits per heavy atom. The maximum Gasteiger partial charge on any atom is 0.224 e. The third-order valence-electron chi connectivity index (χ3n) is 2.29. The average molecular weight is 249 g/mol. The molecule has 1 atom stereocenters. The standard InChI is InChI=1S/C10H19NO2S2/c12-4-1-5-14-7-3-11-10(13)9-2-6-15-8-9/h9,12H,1-8H2,(H,11,13). The SMILES string of the molecule is O=C(NCCSCCCO)C1CCSC1. The summed E-state index contributed by atoms with van der Waals surface area (Å²) in [7, 11) is 0. The van der Waals surface area contributed by atoms with Crippen molar-refractivity contribution in [3.05, 3.63) is 0 Å². The van der Waals surface area contributed by atoms with Crippen LogP contribution in [0.25, 0.3) is 0 Å². The van der Waals surface area contributed by atoms with E-state index in [4.69, 9.17) is 5.11 Å². The van der Waals surface area contributed by atoms with E-state index >= 15 is 0 Å². The summed E-state index contributed by atoms with van der Waals surface area (Å²) in [5.41, 5.74) is 0. The van der Waals surface area contributed by atoms with Crippen LogP contribution in [0.15, 0.2) is 0 Å². The lowest BCUT2D eigenvalue weighted by Gasteiger charge is -2.09. The quantitative estimate of drug-likeness (QED) is 0.660. The van der Waals surface area contributed by atoms with E-state index < -0.39 is 0 Å². The highest BCUT2D eigenvalue weighted by Gasteiger charge is 2.22. The third kappa shape index (κ3) is 5.68. The van der Waals surface area contributed by atoms with Gasteiger partial charge in [-0.1, -0.05) is 0 Å². The van der Waals surface area contributed by atoms with E-state index in [0.29, 0.717) is 0 Å². The fraction of sp³-hybridized carbons (Fsp3) is 0.900. The molecular formula is C10H19NO2S2. The minimum absolute atomic E-state index is 0.225. The van der Waals surface area contributed by atoms with Gasteiger partial charge in [-0.05, 0) is 24.3 Å². The topological polar surface area (TPSA) is 49.3 Å². The van der Waals surface area contributed by atoms with Gasteiger partial charge in [0.2, 0.25) is 5.91 Å². The number of aliphatic hydroxyl groups excluding tert-OH is 1. The number of hydrogen-bond acceptors (Lipinski definition) is 4. The van der Waals surface area contributed by atoms with Gasteiger partial charge in [-0.2, -0.15) is 23.5 Å². The first-order chi connectivity index (χ1) is 7.34. The molecule has 1 aliphatic rings. The summed E-state index contributed by atoms with van der Waals surface area (Å²) in [5, 5.41) is 11.5. The van der Waals surface area contributed by atoms with Crippen LogP contribution in [0.2, 0.25) is 0 Å². The van der Waals surface area contributed by atoms with Gasteiger partial charge in [0.15, 0.2) is 0 Å². The molecule has 1 fully saturated rings. The van der Waals surface area contributed by atoms with Crippen LogP contribution in [0.3, 0.4) is 0 Å². The summed E-state index contributed by atoms with van der Waals surface area (Å²) in [6.45, 7) is 1.02. The Bertz CT molecular complexity index is 184. The maximum absolute atomic E-state index is 11.6. The van der Waals surface area contributed by atoms with E-state index in [9.17, 15) is 4.79 Å². The van der Waals surface area contributed by atoms with Crippen molar-refractivity contribution >= 4 is 29.4 Å². The summed E-state index contributed by atoms with van der Waals surface area (Å²) in [5.74, 6) is 4.52. The highest BCUT2D eigenvalue weighted by Crippen LogP contribution is 2.23. The third-order valence-corrected chi connectivity index (χ3v) is 4.53. The first kappa shape index (κ1) is 13.2. The molecule has 1 rings (SSSR count). The Balaban J connectivity index is 1.92. The highest BCUT2D eigenvalue weighted by molar-refractivity contribution is 7.99. The van der Waals surface area contributed by atoms with Gasteiger partial charge in [-0.3, -0.25) is 4.79 Å². The zero-order valence-corrected chi connectivity index (χ0v) is 10.5. The summed E-state index contributed by atoms with van der Waals surface area (Å²) in [4.78, 5) is 11.6. The number of thioether (sulfide) groups is 2. The molecule has 1 saturated heterocycles. The van der Waals surface area contributed by atoms with E-state index in [2.05, 4.69) is 5.32 Å². The van der Waals surface area contributed by atoms with E-state index in [1.807, 2.05) is 11.8 Å². The van der Waals surface area contributed by atoms with Gasteiger partial charge in [-0.25, -0.2) is 0 Å². The van der Waals surface area contributed by atoms with Crippen molar-refractivity contribution in [1.29, 1.82) is 0 Å². The van der Waals surface area contributed by atoms with E-state index in [1.165, 1.54) is 0 Å². The molecule has 0 radical (unpaired) electrons. The van der Waals surface area contributed by atoms with Gasteiger partial charge in [0, 0.05) is 30.6 Å². The van der Waals surface area contributed by atoms with Gasteiger partial charge in [0.1, 0.15) is 0 Å². The second kappa shape index (κ2) is 8.30. The van der Waals surface area contributed by atoms with E-state index in [-0.39, 0.29) is 18.4 Å². The molecule has 3 nitrogen and oxygen atoms in total. The van der Waals surface area contributed by atoms with Crippen molar-refractivity contribution in [2.24, 2.45) is 5.92 Å². The lowest BCUT2D eigenvalue weighted by atomic mass is 10.1. The van der Waals surface area contributed by atoms with E-state index in [0.717, 1.165) is 42.4 Å². The molecule has 88 valence electrons. The molecule has 1 unspecified atom stereocenters. The number of nitrogens with one attached hydrogen (secondary N) is 1. The Morgan fingerprint density at radius 3 is 3.07 bits per heavy atom. The van der Waals surface area contributed by atoms with Crippen molar-refractivity contribution in [1.82, 2.24) is 5.32 Å². The monoisotopic (exact) mass is 249 g/mol. The minimum Gasteiger partial charge on any atom is -0.396 e. The molecular weight excluding hydrogens is 230 g/mol. The molecule has 0 spiro atoms. The van der Waals surface area contributed by atoms with Crippen molar-refractivity contribution in [2.75, 3.05) is 36.2 Å². The largest absolute Gasteiger partial charge is 0.396 e. The molecule has 0 aliphatic carbocycles. The van der Waals surface area contributed by atoms with E-state index in [1.54, 1.807) is 11.8 Å². The van der Waals surface area contributed by atoms with Gasteiger partial charge < -0.3 is 10.4 Å². The van der Waals surface area contributed by atoms with Gasteiger partial charge in [0.05, 0.1) is 0 Å². The number of carbonyl (C=O) groups is 1. The first-order valence-corrected chi connectivity index (χ1v) is 7.69. The molecule has 1 amide bonds. The summed E-state index contributed by atoms with van der Waals surface area (Å²) in [6, 6.07) is 0. The first-order valence-electron chi connectivity index (χ1n) is 5.38. The molecule has 2 N–H and O–H groups in total. The van der Waals surface area contributed by atoms with Crippen LogP contribution in [0, 0.1) is 5.92 Å². The van der Waals surface area contributed by atoms with Gasteiger partial charge in [-0.15, -0.1) is 0 Å². The van der Waals surface area contributed by atoms with Crippen LogP contribution in [0.4, 0.5) is 0 Å². The molecule has 0 saturated carbocycles. The second-order valence-electron chi connectivity index (χ2n) is 3.54. The van der Waals surface area contributed by atoms with Crippen LogP contribution < -0.4 is 5.32 Å². The maximum atomic E-state index is 11.6. The molecule has 0 aromatic heterocycles. The molecule has 1 aliphatic heterocycles. The van der Waals surface area contributed by atoms with Crippen LogP contribution >= 0.6 is 23.5 Å². The normalized spacial score (nSPS) is 20.5. The van der Waals surface area contributed by atoms with Crippen LogP contribution in [0.5, 0.6) is 0 Å². The number of rotatable bonds is 7. The Hall–Kier alpha value is 0.130. The van der Waals surface area contributed by atoms with Gasteiger partial charge >= 0.3 is 0 Å². The Labute approximate surface area is 99.8 Å². The number of carbonyl (C=O) groups excluding carboxylic acids is 1. The van der Waals surface area contributed by atoms with Crippen molar-refractivity contribution in [2.45, 2.75) is 12.8 Å². The van der Waals surface area contributed by atoms with Crippen LogP contribution in [-0.2, 0) is 4.79 Å². The zero-order valence-electron chi connectivity index (χ0n) is 8.91. The summed E-state index contributed by atoms with van der Waals surface area (Å²) < 4.78 is 0. The predicted octanol–water partition coefficient (Wildman–Crippen LogP) is 0.971.